The topological polar surface area (TPSA) is 12.0 Å². The average molecular weight is 265 g/mol. The van der Waals surface area contributed by atoms with Gasteiger partial charge in [0.1, 0.15) is 0 Å². The van der Waals surface area contributed by atoms with Gasteiger partial charge in [0.05, 0.1) is 0 Å². The van der Waals surface area contributed by atoms with E-state index in [1.807, 2.05) is 0 Å². The maximum Gasteiger partial charge on any atom is 0.0302 e. The summed E-state index contributed by atoms with van der Waals surface area (Å²) in [6.45, 7) is 11.9. The van der Waals surface area contributed by atoms with Crippen molar-refractivity contribution in [3.63, 3.8) is 0 Å². The maximum atomic E-state index is 3.84. The first kappa shape index (κ1) is 14.1. The SMILES string of the molecule is CC(NC1CC(C)(C)CC(C)(C)C1)c1ccsc1. The molecule has 0 saturated heterocycles. The molecule has 102 valence electrons. The lowest BCUT2D eigenvalue weighted by Crippen LogP contribution is -2.44. The van der Waals surface area contributed by atoms with E-state index in [1.54, 1.807) is 11.3 Å². The van der Waals surface area contributed by atoms with E-state index in [-0.39, 0.29) is 0 Å². The fourth-order valence-corrected chi connectivity index (χ4v) is 4.69. The molecule has 0 bridgehead atoms. The molecule has 1 saturated carbocycles. The van der Waals surface area contributed by atoms with Crippen LogP contribution in [0.3, 0.4) is 0 Å². The molecule has 1 aliphatic rings. The second kappa shape index (κ2) is 4.97. The predicted octanol–water partition coefficient (Wildman–Crippen LogP) is 5.00. The molecule has 1 aliphatic carbocycles. The Morgan fingerprint density at radius 1 is 1.22 bits per heavy atom. The Morgan fingerprint density at radius 3 is 2.33 bits per heavy atom. The molecule has 1 aromatic rings. The quantitative estimate of drug-likeness (QED) is 0.810. The van der Waals surface area contributed by atoms with Crippen LogP contribution < -0.4 is 5.32 Å². The van der Waals surface area contributed by atoms with Crippen LogP contribution in [0.1, 0.15) is 65.5 Å². The third kappa shape index (κ3) is 3.58. The van der Waals surface area contributed by atoms with Gasteiger partial charge >= 0.3 is 0 Å². The first-order valence-electron chi connectivity index (χ1n) is 7.06. The summed E-state index contributed by atoms with van der Waals surface area (Å²) in [5.41, 5.74) is 2.36. The highest BCUT2D eigenvalue weighted by Crippen LogP contribution is 2.46. The van der Waals surface area contributed by atoms with E-state index >= 15 is 0 Å². The molecular formula is C16H27NS. The molecule has 1 heterocycles. The highest BCUT2D eigenvalue weighted by Gasteiger charge is 2.38. The van der Waals surface area contributed by atoms with Crippen LogP contribution in [0.4, 0.5) is 0 Å². The zero-order valence-corrected chi connectivity index (χ0v) is 13.2. The van der Waals surface area contributed by atoms with Crippen molar-refractivity contribution in [1.29, 1.82) is 0 Å². The monoisotopic (exact) mass is 265 g/mol. The molecule has 0 spiro atoms. The summed E-state index contributed by atoms with van der Waals surface area (Å²) in [6.07, 6.45) is 3.93. The van der Waals surface area contributed by atoms with Crippen molar-refractivity contribution in [2.45, 2.75) is 66.0 Å². The van der Waals surface area contributed by atoms with Crippen LogP contribution >= 0.6 is 11.3 Å². The minimum absolute atomic E-state index is 0.466. The number of nitrogens with one attached hydrogen (secondary N) is 1. The van der Waals surface area contributed by atoms with Crippen molar-refractivity contribution in [1.82, 2.24) is 5.32 Å². The lowest BCUT2D eigenvalue weighted by molar-refractivity contribution is 0.0811. The van der Waals surface area contributed by atoms with Crippen molar-refractivity contribution in [2.24, 2.45) is 10.8 Å². The Bertz CT molecular complexity index is 362. The summed E-state index contributed by atoms with van der Waals surface area (Å²) in [7, 11) is 0. The Morgan fingerprint density at radius 2 is 1.83 bits per heavy atom. The summed E-state index contributed by atoms with van der Waals surface area (Å²) >= 11 is 1.79. The summed E-state index contributed by atoms with van der Waals surface area (Å²) in [4.78, 5) is 0. The zero-order chi connectivity index (χ0) is 13.4. The molecular weight excluding hydrogens is 238 g/mol. The van der Waals surface area contributed by atoms with Gasteiger partial charge in [-0.1, -0.05) is 27.7 Å². The first-order valence-corrected chi connectivity index (χ1v) is 8.00. The smallest absolute Gasteiger partial charge is 0.0302 e. The third-order valence-electron chi connectivity index (χ3n) is 4.08. The number of thiophene rings is 1. The van der Waals surface area contributed by atoms with Crippen LogP contribution in [0.5, 0.6) is 0 Å². The van der Waals surface area contributed by atoms with E-state index in [1.165, 1.54) is 24.8 Å². The average Bonchev–Trinajstić information content (AvgIpc) is 2.63. The van der Waals surface area contributed by atoms with Gasteiger partial charge in [0, 0.05) is 12.1 Å². The van der Waals surface area contributed by atoms with E-state index < -0.39 is 0 Å². The van der Waals surface area contributed by atoms with Crippen molar-refractivity contribution in [3.8, 4) is 0 Å². The molecule has 2 heteroatoms. The molecule has 1 atom stereocenters. The van der Waals surface area contributed by atoms with Gasteiger partial charge in [0.25, 0.3) is 0 Å². The number of rotatable bonds is 3. The summed E-state index contributed by atoms with van der Waals surface area (Å²) < 4.78 is 0. The largest absolute Gasteiger partial charge is 0.307 e. The van der Waals surface area contributed by atoms with Gasteiger partial charge in [-0.3, -0.25) is 0 Å². The van der Waals surface area contributed by atoms with Crippen LogP contribution in [0.25, 0.3) is 0 Å². The van der Waals surface area contributed by atoms with Gasteiger partial charge < -0.3 is 5.32 Å². The highest BCUT2D eigenvalue weighted by molar-refractivity contribution is 7.07. The number of hydrogen-bond acceptors (Lipinski definition) is 2. The fraction of sp³-hybridized carbons (Fsp3) is 0.750. The van der Waals surface area contributed by atoms with E-state index in [0.717, 1.165) is 0 Å². The normalized spacial score (nSPS) is 24.9. The van der Waals surface area contributed by atoms with Gasteiger partial charge in [-0.25, -0.2) is 0 Å². The van der Waals surface area contributed by atoms with Crippen LogP contribution in [0.15, 0.2) is 16.8 Å². The van der Waals surface area contributed by atoms with Gasteiger partial charge in [0.2, 0.25) is 0 Å². The summed E-state index contributed by atoms with van der Waals surface area (Å²) in [6, 6.07) is 3.37. The molecule has 1 nitrogen and oxygen atoms in total. The zero-order valence-electron chi connectivity index (χ0n) is 12.4. The van der Waals surface area contributed by atoms with Gasteiger partial charge in [-0.05, 0) is 59.4 Å². The minimum Gasteiger partial charge on any atom is -0.307 e. The Kier molecular flexibility index (Phi) is 3.89. The van der Waals surface area contributed by atoms with E-state index in [9.17, 15) is 0 Å². The second-order valence-corrected chi connectivity index (χ2v) is 8.34. The molecule has 0 radical (unpaired) electrons. The van der Waals surface area contributed by atoms with Crippen LogP contribution in [0.2, 0.25) is 0 Å². The van der Waals surface area contributed by atoms with Gasteiger partial charge in [-0.15, -0.1) is 0 Å². The van der Waals surface area contributed by atoms with Crippen LogP contribution in [0, 0.1) is 10.8 Å². The Balaban J connectivity index is 2.01. The molecule has 2 rings (SSSR count). The summed E-state index contributed by atoms with van der Waals surface area (Å²) in [5, 5.41) is 8.27. The molecule has 1 fully saturated rings. The first-order chi connectivity index (χ1) is 8.27. The minimum atomic E-state index is 0.466. The molecule has 0 aliphatic heterocycles. The van der Waals surface area contributed by atoms with Crippen molar-refractivity contribution >= 4 is 11.3 Å². The van der Waals surface area contributed by atoms with Crippen molar-refractivity contribution < 1.29 is 0 Å². The lowest BCUT2D eigenvalue weighted by Gasteiger charge is -2.46. The van der Waals surface area contributed by atoms with Gasteiger partial charge in [-0.2, -0.15) is 11.3 Å². The van der Waals surface area contributed by atoms with Gasteiger partial charge in [0.15, 0.2) is 0 Å². The highest BCUT2D eigenvalue weighted by atomic mass is 32.1. The van der Waals surface area contributed by atoms with E-state index in [2.05, 4.69) is 56.8 Å². The molecule has 0 amide bonds. The number of hydrogen-bond donors (Lipinski definition) is 1. The second-order valence-electron chi connectivity index (χ2n) is 7.56. The molecule has 1 unspecified atom stereocenters. The maximum absolute atomic E-state index is 3.84. The molecule has 1 aromatic heterocycles. The van der Waals surface area contributed by atoms with E-state index in [4.69, 9.17) is 0 Å². The predicted molar refractivity (Wildman–Crippen MR) is 81.1 cm³/mol. The Hall–Kier alpha value is -0.340. The van der Waals surface area contributed by atoms with Crippen LogP contribution in [-0.4, -0.2) is 6.04 Å². The van der Waals surface area contributed by atoms with Crippen molar-refractivity contribution in [3.05, 3.63) is 22.4 Å². The summed E-state index contributed by atoms with van der Waals surface area (Å²) in [5.74, 6) is 0. The van der Waals surface area contributed by atoms with Crippen molar-refractivity contribution in [2.75, 3.05) is 0 Å². The third-order valence-corrected chi connectivity index (χ3v) is 4.79. The molecule has 1 N–H and O–H groups in total. The van der Waals surface area contributed by atoms with E-state index in [0.29, 0.717) is 22.9 Å². The lowest BCUT2D eigenvalue weighted by atomic mass is 9.63. The molecule has 0 aromatic carbocycles. The van der Waals surface area contributed by atoms with Crippen LogP contribution in [-0.2, 0) is 0 Å². The fourth-order valence-electron chi connectivity index (χ4n) is 3.94. The Labute approximate surface area is 116 Å². The standard InChI is InChI=1S/C16H27NS/c1-12(13-6-7-18-10-13)17-14-8-15(2,3)11-16(4,5)9-14/h6-7,10,12,14,17H,8-9,11H2,1-5H3. The molecule has 18 heavy (non-hydrogen) atoms.